The Bertz CT molecular complexity index is 1330. The standard InChI is InChI=1S/C27H24FN3O2/c28-21-11-8-18(9-12-21)17-33-22-5-3-4-19(14-22)16-29-31-27(32)20-10-13-26-24(15-20)23-6-1-2-7-25(23)30-26/h3-5,8-16,30H,1-2,6-7,17H2,(H,31,32)/b29-16+. The molecule has 0 spiro atoms. The number of fused-ring (bicyclic) bond motifs is 3. The lowest BCUT2D eigenvalue weighted by molar-refractivity contribution is 0.0955. The highest BCUT2D eigenvalue weighted by Gasteiger charge is 2.16. The smallest absolute Gasteiger partial charge is 0.271 e. The number of rotatable bonds is 6. The van der Waals surface area contributed by atoms with Gasteiger partial charge in [0.1, 0.15) is 18.2 Å². The molecule has 2 N–H and O–H groups in total. The lowest BCUT2D eigenvalue weighted by Gasteiger charge is -2.10. The van der Waals surface area contributed by atoms with Gasteiger partial charge in [-0.15, -0.1) is 0 Å². The number of benzene rings is 3. The Labute approximate surface area is 191 Å². The second-order valence-electron chi connectivity index (χ2n) is 8.24. The predicted molar refractivity (Wildman–Crippen MR) is 127 cm³/mol. The van der Waals surface area contributed by atoms with Gasteiger partial charge in [-0.1, -0.05) is 24.3 Å². The third-order valence-corrected chi connectivity index (χ3v) is 5.92. The summed E-state index contributed by atoms with van der Waals surface area (Å²) in [6.45, 7) is 0.336. The maximum atomic E-state index is 13.0. The van der Waals surface area contributed by atoms with Crippen LogP contribution in [0.4, 0.5) is 4.39 Å². The Morgan fingerprint density at radius 3 is 2.79 bits per heavy atom. The molecule has 0 fully saturated rings. The number of carbonyl (C=O) groups is 1. The zero-order valence-electron chi connectivity index (χ0n) is 18.1. The van der Waals surface area contributed by atoms with Crippen LogP contribution < -0.4 is 10.2 Å². The number of hydrazone groups is 1. The minimum atomic E-state index is -0.272. The van der Waals surface area contributed by atoms with Crippen LogP contribution in [0.3, 0.4) is 0 Å². The third-order valence-electron chi connectivity index (χ3n) is 5.92. The molecule has 3 aromatic carbocycles. The number of hydrogen-bond acceptors (Lipinski definition) is 3. The van der Waals surface area contributed by atoms with Gasteiger partial charge in [0.15, 0.2) is 0 Å². The van der Waals surface area contributed by atoms with E-state index in [1.54, 1.807) is 18.3 Å². The van der Waals surface area contributed by atoms with Crippen molar-refractivity contribution in [2.24, 2.45) is 5.10 Å². The Morgan fingerprint density at radius 2 is 1.91 bits per heavy atom. The monoisotopic (exact) mass is 441 g/mol. The predicted octanol–water partition coefficient (Wildman–Crippen LogP) is 5.53. The number of nitrogens with zero attached hydrogens (tertiary/aromatic N) is 1. The van der Waals surface area contributed by atoms with E-state index in [-0.39, 0.29) is 11.7 Å². The Balaban J connectivity index is 1.22. The maximum absolute atomic E-state index is 13.0. The summed E-state index contributed by atoms with van der Waals surface area (Å²) in [6.07, 6.45) is 6.10. The van der Waals surface area contributed by atoms with E-state index in [0.29, 0.717) is 17.9 Å². The molecule has 0 aliphatic heterocycles. The average molecular weight is 442 g/mol. The number of halogens is 1. The minimum absolute atomic E-state index is 0.248. The molecule has 4 aromatic rings. The zero-order chi connectivity index (χ0) is 22.6. The van der Waals surface area contributed by atoms with Crippen LogP contribution in [0.25, 0.3) is 10.9 Å². The van der Waals surface area contributed by atoms with Gasteiger partial charge >= 0.3 is 0 Å². The van der Waals surface area contributed by atoms with Crippen LogP contribution in [0.15, 0.2) is 71.8 Å². The minimum Gasteiger partial charge on any atom is -0.489 e. The summed E-state index contributed by atoms with van der Waals surface area (Å²) in [5, 5.41) is 5.24. The molecule has 1 aliphatic rings. The van der Waals surface area contributed by atoms with Crippen molar-refractivity contribution < 1.29 is 13.9 Å². The van der Waals surface area contributed by atoms with E-state index in [1.165, 1.54) is 36.2 Å². The number of amides is 1. The van der Waals surface area contributed by atoms with E-state index in [1.807, 2.05) is 42.5 Å². The van der Waals surface area contributed by atoms with Gasteiger partial charge in [-0.05, 0) is 84.8 Å². The number of aryl methyl sites for hydroxylation is 2. The number of nitrogens with one attached hydrogen (secondary N) is 2. The highest BCUT2D eigenvalue weighted by atomic mass is 19.1. The number of ether oxygens (including phenoxy) is 1. The average Bonchev–Trinajstić information content (AvgIpc) is 3.22. The molecule has 0 unspecified atom stereocenters. The second kappa shape index (κ2) is 9.28. The van der Waals surface area contributed by atoms with Crippen molar-refractivity contribution in [1.29, 1.82) is 0 Å². The number of carbonyl (C=O) groups excluding carboxylic acids is 1. The molecule has 6 heteroatoms. The van der Waals surface area contributed by atoms with Crippen LogP contribution in [0.1, 0.15) is 45.6 Å². The Morgan fingerprint density at radius 1 is 1.06 bits per heavy atom. The van der Waals surface area contributed by atoms with Crippen LogP contribution >= 0.6 is 0 Å². The fourth-order valence-electron chi connectivity index (χ4n) is 4.21. The molecule has 1 amide bonds. The van der Waals surface area contributed by atoms with Crippen molar-refractivity contribution in [3.63, 3.8) is 0 Å². The van der Waals surface area contributed by atoms with Gasteiger partial charge in [0.25, 0.3) is 5.91 Å². The first-order valence-corrected chi connectivity index (χ1v) is 11.1. The van der Waals surface area contributed by atoms with Crippen LogP contribution in [0.5, 0.6) is 5.75 Å². The van der Waals surface area contributed by atoms with E-state index in [0.717, 1.165) is 34.9 Å². The fraction of sp³-hybridized carbons (Fsp3) is 0.185. The molecular formula is C27H24FN3O2. The number of H-pyrrole nitrogens is 1. The number of hydrogen-bond donors (Lipinski definition) is 2. The van der Waals surface area contributed by atoms with Gasteiger partial charge in [0, 0.05) is 22.2 Å². The number of aromatic amines is 1. The maximum Gasteiger partial charge on any atom is 0.271 e. The quantitative estimate of drug-likeness (QED) is 0.305. The van der Waals surface area contributed by atoms with Gasteiger partial charge in [0.05, 0.1) is 6.21 Å². The number of aromatic nitrogens is 1. The summed E-state index contributed by atoms with van der Waals surface area (Å²) in [4.78, 5) is 16.1. The third kappa shape index (κ3) is 4.80. The van der Waals surface area contributed by atoms with Crippen LogP contribution in [0, 0.1) is 5.82 Å². The summed E-state index contributed by atoms with van der Waals surface area (Å²) in [5.41, 5.74) is 8.59. The summed E-state index contributed by atoms with van der Waals surface area (Å²) in [7, 11) is 0. The Kier molecular flexibility index (Phi) is 5.89. The highest BCUT2D eigenvalue weighted by molar-refractivity contribution is 5.99. The second-order valence-corrected chi connectivity index (χ2v) is 8.24. The van der Waals surface area contributed by atoms with Crippen molar-refractivity contribution in [3.05, 3.63) is 100 Å². The molecule has 0 radical (unpaired) electrons. The zero-order valence-corrected chi connectivity index (χ0v) is 18.1. The van der Waals surface area contributed by atoms with Gasteiger partial charge in [0.2, 0.25) is 0 Å². The topological polar surface area (TPSA) is 66.5 Å². The summed E-state index contributed by atoms with van der Waals surface area (Å²) < 4.78 is 18.8. The van der Waals surface area contributed by atoms with Gasteiger partial charge in [-0.25, -0.2) is 9.82 Å². The van der Waals surface area contributed by atoms with Crippen molar-refractivity contribution in [1.82, 2.24) is 10.4 Å². The molecule has 1 aliphatic carbocycles. The summed E-state index contributed by atoms with van der Waals surface area (Å²) in [5.74, 6) is 0.145. The Hall–Kier alpha value is -3.93. The van der Waals surface area contributed by atoms with Crippen molar-refractivity contribution in [3.8, 4) is 5.75 Å². The molecule has 5 rings (SSSR count). The summed E-state index contributed by atoms with van der Waals surface area (Å²) >= 11 is 0. The van der Waals surface area contributed by atoms with Crippen molar-refractivity contribution in [2.75, 3.05) is 0 Å². The van der Waals surface area contributed by atoms with Gasteiger partial charge in [-0.2, -0.15) is 5.10 Å². The first kappa shape index (κ1) is 20.9. The highest BCUT2D eigenvalue weighted by Crippen LogP contribution is 2.29. The molecule has 0 saturated carbocycles. The summed E-state index contributed by atoms with van der Waals surface area (Å²) in [6, 6.07) is 19.3. The molecule has 0 saturated heterocycles. The first-order chi connectivity index (χ1) is 16.2. The van der Waals surface area contributed by atoms with Gasteiger partial charge in [-0.3, -0.25) is 4.79 Å². The van der Waals surface area contributed by atoms with E-state index in [4.69, 9.17) is 4.74 Å². The fourth-order valence-corrected chi connectivity index (χ4v) is 4.21. The molecule has 166 valence electrons. The lowest BCUT2D eigenvalue weighted by atomic mass is 9.95. The van der Waals surface area contributed by atoms with Crippen LogP contribution in [-0.2, 0) is 19.4 Å². The molecule has 5 nitrogen and oxygen atoms in total. The normalized spacial score (nSPS) is 13.2. The molecule has 33 heavy (non-hydrogen) atoms. The van der Waals surface area contributed by atoms with E-state index >= 15 is 0 Å². The van der Waals surface area contributed by atoms with Crippen LogP contribution in [-0.4, -0.2) is 17.1 Å². The van der Waals surface area contributed by atoms with E-state index in [9.17, 15) is 9.18 Å². The molecule has 1 aromatic heterocycles. The molecule has 0 bridgehead atoms. The van der Waals surface area contributed by atoms with Crippen molar-refractivity contribution in [2.45, 2.75) is 32.3 Å². The van der Waals surface area contributed by atoms with E-state index < -0.39 is 0 Å². The molecule has 1 heterocycles. The molecule has 0 atom stereocenters. The van der Waals surface area contributed by atoms with Crippen molar-refractivity contribution >= 4 is 23.0 Å². The molecular weight excluding hydrogens is 417 g/mol. The largest absolute Gasteiger partial charge is 0.489 e. The first-order valence-electron chi connectivity index (χ1n) is 11.1. The van der Waals surface area contributed by atoms with E-state index in [2.05, 4.69) is 15.5 Å². The van der Waals surface area contributed by atoms with Crippen LogP contribution in [0.2, 0.25) is 0 Å². The SMILES string of the molecule is O=C(N/N=C/c1cccc(OCc2ccc(F)cc2)c1)c1ccc2[nH]c3c(c2c1)CCCC3. The lowest BCUT2D eigenvalue weighted by Crippen LogP contribution is -2.17. The van der Waals surface area contributed by atoms with Gasteiger partial charge < -0.3 is 9.72 Å².